The summed E-state index contributed by atoms with van der Waals surface area (Å²) >= 11 is 11.6. The molecule has 0 heterocycles. The maximum absolute atomic E-state index is 13.9. The molecule has 0 aliphatic rings. The number of nitrogens with one attached hydrogen (secondary N) is 1. The lowest BCUT2D eigenvalue weighted by Gasteiger charge is -2.12. The Morgan fingerprint density at radius 3 is 2.43 bits per heavy atom. The fourth-order valence-corrected chi connectivity index (χ4v) is 3.52. The van der Waals surface area contributed by atoms with Gasteiger partial charge in [-0.1, -0.05) is 29.3 Å². The highest BCUT2D eigenvalue weighted by Gasteiger charge is 2.23. The molecule has 0 aliphatic heterocycles. The fraction of sp³-hybridized carbons (Fsp3) is 0.0769. The van der Waals surface area contributed by atoms with E-state index < -0.39 is 20.7 Å². The number of sulfonamides is 1. The smallest absolute Gasteiger partial charge is 0.264 e. The third-order valence-electron chi connectivity index (χ3n) is 2.68. The van der Waals surface area contributed by atoms with Gasteiger partial charge >= 0.3 is 0 Å². The van der Waals surface area contributed by atoms with Crippen molar-refractivity contribution in [3.8, 4) is 0 Å². The molecular formula is C13H11Cl2FN2O2S. The Labute approximate surface area is 131 Å². The van der Waals surface area contributed by atoms with Crippen molar-refractivity contribution < 1.29 is 12.8 Å². The Morgan fingerprint density at radius 2 is 1.81 bits per heavy atom. The summed E-state index contributed by atoms with van der Waals surface area (Å²) < 4.78 is 40.6. The molecule has 0 amide bonds. The Morgan fingerprint density at radius 1 is 1.14 bits per heavy atom. The topological polar surface area (TPSA) is 72.2 Å². The lowest BCUT2D eigenvalue weighted by Crippen LogP contribution is -2.15. The highest BCUT2D eigenvalue weighted by atomic mass is 35.5. The van der Waals surface area contributed by atoms with Crippen LogP contribution in [-0.4, -0.2) is 8.42 Å². The number of nitrogens with two attached hydrogens (primary N) is 1. The molecule has 0 aromatic heterocycles. The first kappa shape index (κ1) is 15.9. The lowest BCUT2D eigenvalue weighted by atomic mass is 10.2. The molecular weight excluding hydrogens is 338 g/mol. The zero-order chi connectivity index (χ0) is 15.8. The van der Waals surface area contributed by atoms with Gasteiger partial charge in [-0.15, -0.1) is 0 Å². The van der Waals surface area contributed by atoms with Gasteiger partial charge in [0.2, 0.25) is 0 Å². The van der Waals surface area contributed by atoms with Crippen LogP contribution in [0.1, 0.15) is 5.56 Å². The van der Waals surface area contributed by atoms with Gasteiger partial charge < -0.3 is 5.73 Å². The molecule has 2 aromatic rings. The second kappa shape index (κ2) is 5.71. The van der Waals surface area contributed by atoms with Crippen molar-refractivity contribution in [2.45, 2.75) is 11.8 Å². The minimum atomic E-state index is -4.20. The normalized spacial score (nSPS) is 11.4. The van der Waals surface area contributed by atoms with Crippen LogP contribution in [0.3, 0.4) is 0 Å². The molecule has 0 saturated carbocycles. The van der Waals surface area contributed by atoms with Crippen LogP contribution >= 0.6 is 23.2 Å². The van der Waals surface area contributed by atoms with Crippen molar-refractivity contribution in [3.63, 3.8) is 0 Å². The summed E-state index contributed by atoms with van der Waals surface area (Å²) in [7, 11) is -4.20. The molecule has 0 saturated heterocycles. The molecule has 0 atom stereocenters. The van der Waals surface area contributed by atoms with Crippen molar-refractivity contribution in [2.75, 3.05) is 10.5 Å². The summed E-state index contributed by atoms with van der Waals surface area (Å²) in [6, 6.07) is 6.87. The van der Waals surface area contributed by atoms with E-state index in [4.69, 9.17) is 28.9 Å². The first-order chi connectivity index (χ1) is 9.70. The van der Waals surface area contributed by atoms with Crippen molar-refractivity contribution >= 4 is 44.6 Å². The molecule has 0 radical (unpaired) electrons. The molecule has 0 aliphatic carbocycles. The summed E-state index contributed by atoms with van der Waals surface area (Å²) in [6.45, 7) is 1.81. The zero-order valence-corrected chi connectivity index (χ0v) is 13.2. The SMILES string of the molecule is Cc1ccc(NS(=O)(=O)c2cc(N)cc(Cl)c2F)c(Cl)c1. The molecule has 4 nitrogen and oxygen atoms in total. The monoisotopic (exact) mass is 348 g/mol. The van der Waals surface area contributed by atoms with Gasteiger partial charge in [0, 0.05) is 5.69 Å². The summed E-state index contributed by atoms with van der Waals surface area (Å²) in [4.78, 5) is -0.635. The van der Waals surface area contributed by atoms with Gasteiger partial charge in [0.1, 0.15) is 4.90 Å². The summed E-state index contributed by atoms with van der Waals surface area (Å²) in [5, 5.41) is -0.167. The third kappa shape index (κ3) is 3.40. The van der Waals surface area contributed by atoms with Crippen molar-refractivity contribution in [1.29, 1.82) is 0 Å². The number of hydrogen-bond donors (Lipinski definition) is 2. The zero-order valence-electron chi connectivity index (χ0n) is 10.8. The van der Waals surface area contributed by atoms with E-state index in [0.717, 1.165) is 17.7 Å². The number of rotatable bonds is 3. The summed E-state index contributed by atoms with van der Waals surface area (Å²) in [5.41, 5.74) is 6.54. The van der Waals surface area contributed by atoms with Gasteiger partial charge in [0.05, 0.1) is 15.7 Å². The van der Waals surface area contributed by atoms with Crippen molar-refractivity contribution in [1.82, 2.24) is 0 Å². The molecule has 2 rings (SSSR count). The number of nitrogen functional groups attached to an aromatic ring is 1. The lowest BCUT2D eigenvalue weighted by molar-refractivity contribution is 0.571. The van der Waals surface area contributed by atoms with Crippen LogP contribution in [0.2, 0.25) is 10.0 Å². The number of aryl methyl sites for hydroxylation is 1. The quantitative estimate of drug-likeness (QED) is 0.828. The van der Waals surface area contributed by atoms with E-state index in [1.54, 1.807) is 12.1 Å². The van der Waals surface area contributed by atoms with E-state index in [1.165, 1.54) is 6.07 Å². The second-order valence-corrected chi connectivity index (χ2v) is 6.87. The molecule has 2 aromatic carbocycles. The first-order valence-electron chi connectivity index (χ1n) is 5.74. The maximum Gasteiger partial charge on any atom is 0.264 e. The van der Waals surface area contributed by atoms with Crippen LogP contribution in [0.15, 0.2) is 35.2 Å². The fourth-order valence-electron chi connectivity index (χ4n) is 1.68. The van der Waals surface area contributed by atoms with Crippen LogP contribution in [0, 0.1) is 12.7 Å². The standard InChI is InChI=1S/C13H11Cl2FN2O2S/c1-7-2-3-11(9(14)4-7)18-21(19,20)12-6-8(17)5-10(15)13(12)16/h2-6,18H,17H2,1H3. The minimum Gasteiger partial charge on any atom is -0.399 e. The molecule has 0 bridgehead atoms. The van der Waals surface area contributed by atoms with Gasteiger partial charge in [-0.3, -0.25) is 4.72 Å². The van der Waals surface area contributed by atoms with Crippen LogP contribution in [0.5, 0.6) is 0 Å². The van der Waals surface area contributed by atoms with Crippen molar-refractivity contribution in [3.05, 3.63) is 51.8 Å². The maximum atomic E-state index is 13.9. The molecule has 21 heavy (non-hydrogen) atoms. The Balaban J connectivity index is 2.48. The van der Waals surface area contributed by atoms with E-state index in [2.05, 4.69) is 4.72 Å². The minimum absolute atomic E-state index is 0.0387. The van der Waals surface area contributed by atoms with Crippen LogP contribution in [0.25, 0.3) is 0 Å². The number of hydrogen-bond acceptors (Lipinski definition) is 3. The predicted molar refractivity (Wildman–Crippen MR) is 82.8 cm³/mol. The molecule has 0 unspecified atom stereocenters. The van der Waals surface area contributed by atoms with Gasteiger partial charge in [0.15, 0.2) is 5.82 Å². The Bertz CT molecular complexity index is 810. The average molecular weight is 349 g/mol. The first-order valence-corrected chi connectivity index (χ1v) is 7.98. The van der Waals surface area contributed by atoms with E-state index in [-0.39, 0.29) is 21.4 Å². The molecule has 8 heteroatoms. The number of halogens is 3. The van der Waals surface area contributed by atoms with Gasteiger partial charge in [-0.25, -0.2) is 12.8 Å². The van der Waals surface area contributed by atoms with Gasteiger partial charge in [0.25, 0.3) is 10.0 Å². The average Bonchev–Trinajstić information content (AvgIpc) is 2.37. The van der Waals surface area contributed by atoms with Gasteiger partial charge in [-0.05, 0) is 36.8 Å². The largest absolute Gasteiger partial charge is 0.399 e. The van der Waals surface area contributed by atoms with Crippen molar-refractivity contribution in [2.24, 2.45) is 0 Å². The second-order valence-electron chi connectivity index (χ2n) is 4.40. The molecule has 0 fully saturated rings. The summed E-state index contributed by atoms with van der Waals surface area (Å²) in [6.07, 6.45) is 0. The predicted octanol–water partition coefficient (Wildman–Crippen LogP) is 3.82. The van der Waals surface area contributed by atoms with E-state index in [0.29, 0.717) is 0 Å². The highest BCUT2D eigenvalue weighted by Crippen LogP contribution is 2.29. The van der Waals surface area contributed by atoms with E-state index in [1.807, 2.05) is 6.92 Å². The Kier molecular flexibility index (Phi) is 4.32. The number of benzene rings is 2. The van der Waals surface area contributed by atoms with E-state index in [9.17, 15) is 12.8 Å². The number of anilines is 2. The Hall–Kier alpha value is -1.50. The summed E-state index contributed by atoms with van der Waals surface area (Å²) in [5.74, 6) is -1.07. The van der Waals surface area contributed by atoms with E-state index >= 15 is 0 Å². The van der Waals surface area contributed by atoms with Gasteiger partial charge in [-0.2, -0.15) is 0 Å². The third-order valence-corrected chi connectivity index (χ3v) is 4.63. The van der Waals surface area contributed by atoms with Crippen LogP contribution in [0.4, 0.5) is 15.8 Å². The highest BCUT2D eigenvalue weighted by molar-refractivity contribution is 7.92. The molecule has 112 valence electrons. The molecule has 0 spiro atoms. The molecule has 3 N–H and O–H groups in total. The van der Waals surface area contributed by atoms with Crippen LogP contribution < -0.4 is 10.5 Å². The van der Waals surface area contributed by atoms with Crippen LogP contribution in [-0.2, 0) is 10.0 Å².